The molecule has 2 N–H and O–H groups in total. The van der Waals surface area contributed by atoms with Gasteiger partial charge < -0.3 is 5.73 Å². The summed E-state index contributed by atoms with van der Waals surface area (Å²) in [5, 5.41) is 3.23. The second kappa shape index (κ2) is 5.63. The number of aryl methyl sites for hydroxylation is 1. The predicted molar refractivity (Wildman–Crippen MR) is 78.9 cm³/mol. The first-order valence-corrected chi connectivity index (χ1v) is 7.22. The molecule has 0 aliphatic carbocycles. The fourth-order valence-corrected chi connectivity index (χ4v) is 2.91. The van der Waals surface area contributed by atoms with E-state index in [2.05, 4.69) is 50.4 Å². The Morgan fingerprint density at radius 3 is 2.44 bits per heavy atom. The second-order valence-corrected chi connectivity index (χ2v) is 5.89. The van der Waals surface area contributed by atoms with E-state index in [1.807, 2.05) is 0 Å². The molecule has 0 saturated heterocycles. The third-order valence-electron chi connectivity index (χ3n) is 3.26. The number of rotatable bonds is 4. The smallest absolute Gasteiger partial charge is 0.123 e. The average molecular weight is 260 g/mol. The first-order chi connectivity index (χ1) is 8.61. The van der Waals surface area contributed by atoms with E-state index in [4.69, 9.17) is 10.7 Å². The Balaban J connectivity index is 2.27. The highest BCUT2D eigenvalue weighted by Crippen LogP contribution is 2.29. The summed E-state index contributed by atoms with van der Waals surface area (Å²) in [6.45, 7) is 7.15. The monoisotopic (exact) mass is 260 g/mol. The van der Waals surface area contributed by atoms with Gasteiger partial charge >= 0.3 is 0 Å². The number of aromatic nitrogens is 1. The normalized spacial score (nSPS) is 12.9. The van der Waals surface area contributed by atoms with Gasteiger partial charge in [0.1, 0.15) is 5.01 Å². The van der Waals surface area contributed by atoms with E-state index < -0.39 is 0 Å². The van der Waals surface area contributed by atoms with Crippen molar-refractivity contribution in [1.82, 2.24) is 4.98 Å². The van der Waals surface area contributed by atoms with Gasteiger partial charge in [0, 0.05) is 23.4 Å². The molecule has 1 aromatic carbocycles. The summed E-state index contributed by atoms with van der Waals surface area (Å²) >= 11 is 1.70. The van der Waals surface area contributed by atoms with Crippen molar-refractivity contribution in [3.8, 4) is 10.6 Å². The Bertz CT molecular complexity index is 499. The van der Waals surface area contributed by atoms with Crippen LogP contribution >= 0.6 is 11.3 Å². The third kappa shape index (κ3) is 2.79. The van der Waals surface area contributed by atoms with Crippen LogP contribution in [0.4, 0.5) is 0 Å². The number of benzene rings is 1. The lowest BCUT2D eigenvalue weighted by Crippen LogP contribution is -2.18. The molecule has 0 aliphatic rings. The van der Waals surface area contributed by atoms with Crippen LogP contribution in [0.15, 0.2) is 29.6 Å². The lowest BCUT2D eigenvalue weighted by Gasteiger charge is -2.15. The number of nitrogens with zero attached hydrogens (tertiary/aromatic N) is 1. The highest BCUT2D eigenvalue weighted by molar-refractivity contribution is 7.13. The fourth-order valence-electron chi connectivity index (χ4n) is 2.02. The molecular formula is C15H20N2S. The molecular weight excluding hydrogens is 240 g/mol. The zero-order valence-corrected chi connectivity index (χ0v) is 12.0. The number of hydrogen-bond donors (Lipinski definition) is 1. The van der Waals surface area contributed by atoms with Crippen LogP contribution < -0.4 is 5.73 Å². The van der Waals surface area contributed by atoms with Gasteiger partial charge in [0.2, 0.25) is 0 Å². The van der Waals surface area contributed by atoms with Gasteiger partial charge in [-0.2, -0.15) is 0 Å². The molecule has 2 nitrogen and oxygen atoms in total. The molecule has 3 heteroatoms. The van der Waals surface area contributed by atoms with Gasteiger partial charge in [-0.1, -0.05) is 43.7 Å². The van der Waals surface area contributed by atoms with Crippen molar-refractivity contribution in [3.05, 3.63) is 40.9 Å². The van der Waals surface area contributed by atoms with Crippen molar-refractivity contribution in [3.63, 3.8) is 0 Å². The average Bonchev–Trinajstić information content (AvgIpc) is 2.80. The molecule has 1 unspecified atom stereocenters. The minimum Gasteiger partial charge on any atom is -0.330 e. The maximum absolute atomic E-state index is 5.84. The Kier molecular flexibility index (Phi) is 4.15. The zero-order valence-electron chi connectivity index (χ0n) is 11.2. The van der Waals surface area contributed by atoms with Crippen LogP contribution in [0.25, 0.3) is 10.6 Å². The Morgan fingerprint density at radius 1 is 1.22 bits per heavy atom. The van der Waals surface area contributed by atoms with Crippen LogP contribution in [0.1, 0.15) is 31.0 Å². The molecule has 18 heavy (non-hydrogen) atoms. The van der Waals surface area contributed by atoms with Crippen molar-refractivity contribution in [2.45, 2.75) is 26.7 Å². The maximum atomic E-state index is 5.84. The van der Waals surface area contributed by atoms with Gasteiger partial charge in [0.15, 0.2) is 0 Å². The van der Waals surface area contributed by atoms with Gasteiger partial charge in [-0.25, -0.2) is 4.98 Å². The highest BCUT2D eigenvalue weighted by Gasteiger charge is 2.17. The van der Waals surface area contributed by atoms with Crippen LogP contribution in [0.2, 0.25) is 0 Å². The minimum absolute atomic E-state index is 0.362. The lowest BCUT2D eigenvalue weighted by atomic mass is 9.93. The zero-order chi connectivity index (χ0) is 13.1. The summed E-state index contributed by atoms with van der Waals surface area (Å²) in [5.41, 5.74) is 9.44. The molecule has 2 rings (SSSR count). The topological polar surface area (TPSA) is 38.9 Å². The number of nitrogens with two attached hydrogens (primary N) is 1. The van der Waals surface area contributed by atoms with E-state index in [-0.39, 0.29) is 0 Å². The summed E-state index contributed by atoms with van der Waals surface area (Å²) in [5.74, 6) is 0.892. The molecule has 0 amide bonds. The predicted octanol–water partition coefficient (Wildman–Crippen LogP) is 3.82. The summed E-state index contributed by atoms with van der Waals surface area (Å²) in [7, 11) is 0. The molecule has 0 spiro atoms. The van der Waals surface area contributed by atoms with Gasteiger partial charge in [0.25, 0.3) is 0 Å². The highest BCUT2D eigenvalue weighted by atomic mass is 32.1. The minimum atomic E-state index is 0.362. The van der Waals surface area contributed by atoms with E-state index >= 15 is 0 Å². The first-order valence-electron chi connectivity index (χ1n) is 6.34. The molecule has 1 atom stereocenters. The standard InChI is InChI=1S/C15H20N2S/c1-10(2)13(8-16)14-9-18-15(17-14)12-6-4-11(3)5-7-12/h4-7,9-10,13H,8,16H2,1-3H3. The van der Waals surface area contributed by atoms with Gasteiger partial charge in [0.05, 0.1) is 5.69 Å². The molecule has 0 radical (unpaired) electrons. The van der Waals surface area contributed by atoms with Crippen LogP contribution in [-0.2, 0) is 0 Å². The molecule has 2 aromatic rings. The van der Waals surface area contributed by atoms with Crippen LogP contribution in [0.5, 0.6) is 0 Å². The van der Waals surface area contributed by atoms with Crippen molar-refractivity contribution in [2.75, 3.05) is 6.54 Å². The Labute approximate surface area is 113 Å². The molecule has 0 saturated carbocycles. The van der Waals surface area contributed by atoms with Crippen molar-refractivity contribution >= 4 is 11.3 Å². The van der Waals surface area contributed by atoms with Crippen molar-refractivity contribution < 1.29 is 0 Å². The molecule has 1 aromatic heterocycles. The number of thiazole rings is 1. The van der Waals surface area contributed by atoms with Crippen molar-refractivity contribution in [1.29, 1.82) is 0 Å². The molecule has 0 bridgehead atoms. The molecule has 0 fully saturated rings. The van der Waals surface area contributed by atoms with Crippen LogP contribution in [-0.4, -0.2) is 11.5 Å². The van der Waals surface area contributed by atoms with Gasteiger partial charge in [-0.05, 0) is 12.8 Å². The van der Waals surface area contributed by atoms with Crippen LogP contribution in [0.3, 0.4) is 0 Å². The third-order valence-corrected chi connectivity index (χ3v) is 4.17. The molecule has 0 aliphatic heterocycles. The quantitative estimate of drug-likeness (QED) is 0.907. The van der Waals surface area contributed by atoms with Crippen LogP contribution in [0, 0.1) is 12.8 Å². The number of hydrogen-bond acceptors (Lipinski definition) is 3. The summed E-state index contributed by atoms with van der Waals surface area (Å²) in [6, 6.07) is 8.51. The second-order valence-electron chi connectivity index (χ2n) is 5.03. The fraction of sp³-hybridized carbons (Fsp3) is 0.400. The lowest BCUT2D eigenvalue weighted by molar-refractivity contribution is 0.498. The van der Waals surface area contributed by atoms with Gasteiger partial charge in [-0.15, -0.1) is 11.3 Å². The first kappa shape index (κ1) is 13.2. The largest absolute Gasteiger partial charge is 0.330 e. The van der Waals surface area contributed by atoms with Crippen molar-refractivity contribution in [2.24, 2.45) is 11.7 Å². The van der Waals surface area contributed by atoms with E-state index in [9.17, 15) is 0 Å². The summed E-state index contributed by atoms with van der Waals surface area (Å²) in [4.78, 5) is 4.74. The van der Waals surface area contributed by atoms with E-state index in [1.54, 1.807) is 11.3 Å². The SMILES string of the molecule is Cc1ccc(-c2nc(C(CN)C(C)C)cs2)cc1. The summed E-state index contributed by atoms with van der Waals surface area (Å²) < 4.78 is 0. The van der Waals surface area contributed by atoms with E-state index in [0.29, 0.717) is 18.4 Å². The summed E-state index contributed by atoms with van der Waals surface area (Å²) in [6.07, 6.45) is 0. The van der Waals surface area contributed by atoms with Gasteiger partial charge in [-0.3, -0.25) is 0 Å². The maximum Gasteiger partial charge on any atom is 0.123 e. The Hall–Kier alpha value is -1.19. The van der Waals surface area contributed by atoms with E-state index in [1.165, 1.54) is 11.1 Å². The molecule has 1 heterocycles. The Morgan fingerprint density at radius 2 is 1.89 bits per heavy atom. The van der Waals surface area contributed by atoms with E-state index in [0.717, 1.165) is 10.7 Å². The molecule has 96 valence electrons.